The molecule has 1 N–H and O–H groups in total. The first-order valence-corrected chi connectivity index (χ1v) is 8.01. The van der Waals surface area contributed by atoms with Gasteiger partial charge in [-0.1, -0.05) is 26.0 Å². The maximum atomic E-state index is 12.6. The summed E-state index contributed by atoms with van der Waals surface area (Å²) in [6.07, 6.45) is 0.335. The molecule has 128 valence electrons. The van der Waals surface area contributed by atoms with Gasteiger partial charge in [-0.2, -0.15) is 0 Å². The number of hydrogen-bond donors (Lipinski definition) is 1. The van der Waals surface area contributed by atoms with E-state index in [2.05, 4.69) is 5.32 Å². The molecule has 0 aliphatic carbocycles. The zero-order valence-corrected chi connectivity index (χ0v) is 14.3. The summed E-state index contributed by atoms with van der Waals surface area (Å²) in [6.45, 7) is 6.78. The summed E-state index contributed by atoms with van der Waals surface area (Å²) in [7, 11) is 0. The second-order valence-electron chi connectivity index (χ2n) is 6.51. The molecule has 3 amide bonds. The summed E-state index contributed by atoms with van der Waals surface area (Å²) in [5, 5.41) is 2.59. The van der Waals surface area contributed by atoms with Gasteiger partial charge in [0.2, 0.25) is 5.91 Å². The molecule has 1 aromatic carbocycles. The van der Waals surface area contributed by atoms with Crippen LogP contribution in [0.5, 0.6) is 0 Å². The Hall–Kier alpha value is -2.50. The lowest BCUT2D eigenvalue weighted by atomic mass is 10.0. The molecule has 24 heavy (non-hydrogen) atoms. The lowest BCUT2D eigenvalue weighted by Gasteiger charge is -2.27. The van der Waals surface area contributed by atoms with E-state index in [9.17, 15) is 19.2 Å². The Bertz CT molecular complexity index is 661. The quantitative estimate of drug-likeness (QED) is 0.806. The molecule has 0 saturated heterocycles. The minimum Gasteiger partial charge on any atom is -0.345 e. The van der Waals surface area contributed by atoms with E-state index in [4.69, 9.17) is 0 Å². The van der Waals surface area contributed by atoms with E-state index < -0.39 is 29.8 Å². The number of ketones is 1. The molecule has 0 spiro atoms. The molecule has 0 bridgehead atoms. The summed E-state index contributed by atoms with van der Waals surface area (Å²) in [4.78, 5) is 50.2. The minimum atomic E-state index is -0.931. The zero-order valence-electron chi connectivity index (χ0n) is 14.3. The Morgan fingerprint density at radius 2 is 1.54 bits per heavy atom. The third kappa shape index (κ3) is 3.37. The number of Topliss-reactive ketones (excluding diaryl/α,β-unsaturated/α-hetero) is 1. The van der Waals surface area contributed by atoms with Gasteiger partial charge < -0.3 is 5.32 Å². The monoisotopic (exact) mass is 330 g/mol. The Morgan fingerprint density at radius 3 is 1.96 bits per heavy atom. The van der Waals surface area contributed by atoms with Crippen LogP contribution in [-0.4, -0.2) is 40.5 Å². The molecular formula is C18H22N2O4. The maximum Gasteiger partial charge on any atom is 0.262 e. The van der Waals surface area contributed by atoms with Crippen LogP contribution in [-0.2, 0) is 9.59 Å². The van der Waals surface area contributed by atoms with Gasteiger partial charge in [-0.25, -0.2) is 0 Å². The van der Waals surface area contributed by atoms with Crippen LogP contribution in [0.2, 0.25) is 0 Å². The van der Waals surface area contributed by atoms with Crippen molar-refractivity contribution in [3.8, 4) is 0 Å². The molecule has 1 heterocycles. The van der Waals surface area contributed by atoms with Crippen LogP contribution in [0.1, 0.15) is 54.8 Å². The van der Waals surface area contributed by atoms with E-state index in [-0.39, 0.29) is 11.7 Å². The summed E-state index contributed by atoms with van der Waals surface area (Å²) in [5.41, 5.74) is 0.618. The fourth-order valence-corrected chi connectivity index (χ4v) is 2.68. The van der Waals surface area contributed by atoms with Crippen molar-refractivity contribution in [3.05, 3.63) is 35.4 Å². The van der Waals surface area contributed by atoms with Gasteiger partial charge in [0.25, 0.3) is 11.8 Å². The van der Waals surface area contributed by atoms with Crippen molar-refractivity contribution < 1.29 is 19.2 Å². The maximum absolute atomic E-state index is 12.6. The summed E-state index contributed by atoms with van der Waals surface area (Å²) >= 11 is 0. The average Bonchev–Trinajstić information content (AvgIpc) is 2.77. The third-order valence-electron chi connectivity index (χ3n) is 4.10. The number of nitrogens with zero attached hydrogens (tertiary/aromatic N) is 1. The molecule has 2 rings (SSSR count). The molecular weight excluding hydrogens is 308 g/mol. The SMILES string of the molecule is CC(=O)[C@@H](C)NC(=O)[C@H](CC(C)C)N1C(=O)c2ccccc2C1=O. The highest BCUT2D eigenvalue weighted by Gasteiger charge is 2.43. The van der Waals surface area contributed by atoms with Crippen molar-refractivity contribution >= 4 is 23.5 Å². The summed E-state index contributed by atoms with van der Waals surface area (Å²) in [6, 6.07) is 4.93. The van der Waals surface area contributed by atoms with Crippen molar-refractivity contribution in [1.29, 1.82) is 0 Å². The number of hydrogen-bond acceptors (Lipinski definition) is 4. The number of rotatable bonds is 6. The Balaban J connectivity index is 2.32. The molecule has 0 unspecified atom stereocenters. The Labute approximate surface area is 141 Å². The number of benzene rings is 1. The lowest BCUT2D eigenvalue weighted by Crippen LogP contribution is -2.52. The van der Waals surface area contributed by atoms with Crippen LogP contribution in [0.4, 0.5) is 0 Å². The average molecular weight is 330 g/mol. The highest BCUT2D eigenvalue weighted by molar-refractivity contribution is 6.22. The van der Waals surface area contributed by atoms with Crippen LogP contribution >= 0.6 is 0 Å². The lowest BCUT2D eigenvalue weighted by molar-refractivity contribution is -0.129. The van der Waals surface area contributed by atoms with Crippen LogP contribution in [0, 0.1) is 5.92 Å². The molecule has 1 aliphatic heterocycles. The Morgan fingerprint density at radius 1 is 1.04 bits per heavy atom. The van der Waals surface area contributed by atoms with Crippen molar-refractivity contribution in [2.24, 2.45) is 5.92 Å². The van der Waals surface area contributed by atoms with Gasteiger partial charge in [0.1, 0.15) is 6.04 Å². The first kappa shape index (κ1) is 17.8. The predicted octanol–water partition coefficient (Wildman–Crippen LogP) is 1.79. The first-order chi connectivity index (χ1) is 11.2. The number of nitrogens with one attached hydrogen (secondary N) is 1. The van der Waals surface area contributed by atoms with Crippen molar-refractivity contribution in [3.63, 3.8) is 0 Å². The third-order valence-corrected chi connectivity index (χ3v) is 4.10. The second kappa shape index (κ2) is 6.95. The van der Waals surface area contributed by atoms with Crippen LogP contribution in [0.15, 0.2) is 24.3 Å². The molecule has 6 nitrogen and oxygen atoms in total. The van der Waals surface area contributed by atoms with Gasteiger partial charge in [0.15, 0.2) is 5.78 Å². The largest absolute Gasteiger partial charge is 0.345 e. The van der Waals surface area contributed by atoms with Gasteiger partial charge >= 0.3 is 0 Å². The normalized spacial score (nSPS) is 16.1. The molecule has 0 fully saturated rings. The fraction of sp³-hybridized carbons (Fsp3) is 0.444. The van der Waals surface area contributed by atoms with Gasteiger partial charge in [-0.15, -0.1) is 0 Å². The summed E-state index contributed by atoms with van der Waals surface area (Å²) < 4.78 is 0. The number of fused-ring (bicyclic) bond motifs is 1. The van der Waals surface area contributed by atoms with Gasteiger partial charge in [0, 0.05) is 0 Å². The van der Waals surface area contributed by atoms with E-state index in [1.165, 1.54) is 6.92 Å². The van der Waals surface area contributed by atoms with E-state index in [0.29, 0.717) is 17.5 Å². The highest BCUT2D eigenvalue weighted by atomic mass is 16.2. The number of imide groups is 1. The van der Waals surface area contributed by atoms with Crippen molar-refractivity contribution in [1.82, 2.24) is 10.2 Å². The molecule has 0 aromatic heterocycles. The van der Waals surface area contributed by atoms with E-state index >= 15 is 0 Å². The molecule has 2 atom stereocenters. The van der Waals surface area contributed by atoms with Crippen LogP contribution < -0.4 is 5.32 Å². The van der Waals surface area contributed by atoms with E-state index in [1.807, 2.05) is 13.8 Å². The first-order valence-electron chi connectivity index (χ1n) is 8.01. The minimum absolute atomic E-state index is 0.0951. The van der Waals surface area contributed by atoms with E-state index in [1.54, 1.807) is 31.2 Å². The predicted molar refractivity (Wildman–Crippen MR) is 88.5 cm³/mol. The molecule has 1 aliphatic rings. The highest BCUT2D eigenvalue weighted by Crippen LogP contribution is 2.27. The molecule has 0 saturated carbocycles. The molecule has 1 aromatic rings. The number of carbonyl (C=O) groups excluding carboxylic acids is 4. The van der Waals surface area contributed by atoms with Crippen molar-refractivity contribution in [2.75, 3.05) is 0 Å². The van der Waals surface area contributed by atoms with Gasteiger partial charge in [-0.3, -0.25) is 24.1 Å². The Kier molecular flexibility index (Phi) is 5.17. The van der Waals surface area contributed by atoms with Crippen LogP contribution in [0.3, 0.4) is 0 Å². The number of carbonyl (C=O) groups is 4. The second-order valence-corrected chi connectivity index (χ2v) is 6.51. The smallest absolute Gasteiger partial charge is 0.262 e. The van der Waals surface area contributed by atoms with Gasteiger partial charge in [0.05, 0.1) is 17.2 Å². The van der Waals surface area contributed by atoms with Gasteiger partial charge in [-0.05, 0) is 38.3 Å². The van der Waals surface area contributed by atoms with Crippen molar-refractivity contribution in [2.45, 2.75) is 46.2 Å². The molecule has 6 heteroatoms. The topological polar surface area (TPSA) is 83.6 Å². The zero-order chi connectivity index (χ0) is 18.0. The standard InChI is InChI=1S/C18H22N2O4/c1-10(2)9-15(16(22)19-11(3)12(4)21)20-17(23)13-7-5-6-8-14(13)18(20)24/h5-8,10-11,15H,9H2,1-4H3,(H,19,22)/t11-,15+/m1/s1. The molecule has 0 radical (unpaired) electrons. The fourth-order valence-electron chi connectivity index (χ4n) is 2.68. The summed E-state index contributed by atoms with van der Waals surface area (Å²) in [5.74, 6) is -1.51. The van der Waals surface area contributed by atoms with E-state index in [0.717, 1.165) is 4.90 Å². The van der Waals surface area contributed by atoms with Crippen LogP contribution in [0.25, 0.3) is 0 Å². The number of amides is 3.